The van der Waals surface area contributed by atoms with Gasteiger partial charge in [-0.1, -0.05) is 0 Å². The number of thiazole rings is 1. The van der Waals surface area contributed by atoms with Gasteiger partial charge in [-0.2, -0.15) is 0 Å². The molecule has 88 valence electrons. The lowest BCUT2D eigenvalue weighted by Gasteiger charge is -2.20. The smallest absolute Gasteiger partial charge is 0.239 e. The molecule has 1 aromatic heterocycles. The van der Waals surface area contributed by atoms with Gasteiger partial charge in [0.25, 0.3) is 0 Å². The summed E-state index contributed by atoms with van der Waals surface area (Å²) >= 11 is 1.63. The molecule has 2 heterocycles. The van der Waals surface area contributed by atoms with Gasteiger partial charge in [-0.25, -0.2) is 4.98 Å². The molecular formula is C11H17N3OS. The van der Waals surface area contributed by atoms with Gasteiger partial charge in [0, 0.05) is 12.4 Å². The molecule has 2 rings (SSSR count). The number of amides is 1. The van der Waals surface area contributed by atoms with E-state index in [1.54, 1.807) is 16.2 Å². The van der Waals surface area contributed by atoms with Gasteiger partial charge in [-0.15, -0.1) is 11.3 Å². The lowest BCUT2D eigenvalue weighted by Crippen LogP contribution is -2.41. The number of nitrogens with one attached hydrogen (secondary N) is 1. The van der Waals surface area contributed by atoms with Crippen molar-refractivity contribution < 1.29 is 4.79 Å². The van der Waals surface area contributed by atoms with Crippen LogP contribution in [0.2, 0.25) is 0 Å². The maximum absolute atomic E-state index is 12.0. The minimum absolute atomic E-state index is 0.0183. The van der Waals surface area contributed by atoms with E-state index in [0.29, 0.717) is 6.54 Å². The maximum atomic E-state index is 12.0. The second-order valence-electron chi connectivity index (χ2n) is 4.20. The molecule has 0 radical (unpaired) electrons. The zero-order valence-corrected chi connectivity index (χ0v) is 10.5. The van der Waals surface area contributed by atoms with Crippen LogP contribution >= 0.6 is 11.3 Å². The monoisotopic (exact) mass is 239 g/mol. The molecule has 1 saturated heterocycles. The Hall–Kier alpha value is -0.940. The Labute approximate surface area is 99.7 Å². The number of aryl methyl sites for hydroxylation is 1. The molecule has 0 bridgehead atoms. The molecule has 1 amide bonds. The van der Waals surface area contributed by atoms with E-state index in [2.05, 4.69) is 10.3 Å². The molecule has 1 atom stereocenters. The predicted molar refractivity (Wildman–Crippen MR) is 64.3 cm³/mol. The Bertz CT molecular complexity index is 371. The quantitative estimate of drug-likeness (QED) is 0.861. The number of aromatic nitrogens is 1. The molecule has 1 N–H and O–H groups in total. The van der Waals surface area contributed by atoms with Crippen LogP contribution in [0, 0.1) is 6.92 Å². The molecule has 0 spiro atoms. The zero-order valence-electron chi connectivity index (χ0n) is 9.69. The minimum Gasteiger partial charge on any atom is -0.338 e. The molecule has 4 nitrogen and oxygen atoms in total. The number of carbonyl (C=O) groups is 1. The van der Waals surface area contributed by atoms with Gasteiger partial charge >= 0.3 is 0 Å². The predicted octanol–water partition coefficient (Wildman–Crippen LogP) is 1.16. The first-order valence-electron chi connectivity index (χ1n) is 5.56. The Morgan fingerprint density at radius 3 is 3.12 bits per heavy atom. The van der Waals surface area contributed by atoms with Crippen LogP contribution in [0.3, 0.4) is 0 Å². The molecule has 0 aliphatic carbocycles. The summed E-state index contributed by atoms with van der Waals surface area (Å²) in [5.41, 5.74) is 0.983. The third-order valence-corrected chi connectivity index (χ3v) is 3.62. The Morgan fingerprint density at radius 1 is 1.75 bits per heavy atom. The van der Waals surface area contributed by atoms with Gasteiger partial charge in [-0.3, -0.25) is 4.79 Å². The van der Waals surface area contributed by atoms with Crippen molar-refractivity contribution in [3.8, 4) is 0 Å². The van der Waals surface area contributed by atoms with Gasteiger partial charge in [0.2, 0.25) is 5.91 Å². The largest absolute Gasteiger partial charge is 0.338 e. The highest BCUT2D eigenvalue weighted by Gasteiger charge is 2.25. The van der Waals surface area contributed by atoms with E-state index in [0.717, 1.165) is 30.1 Å². The van der Waals surface area contributed by atoms with E-state index in [-0.39, 0.29) is 11.9 Å². The van der Waals surface area contributed by atoms with Crippen LogP contribution in [0.15, 0.2) is 5.38 Å². The molecule has 0 unspecified atom stereocenters. The summed E-state index contributed by atoms with van der Waals surface area (Å²) in [6.07, 6.45) is 2.05. The van der Waals surface area contributed by atoms with Crippen LogP contribution in [0.4, 0.5) is 0 Å². The molecule has 0 saturated carbocycles. The van der Waals surface area contributed by atoms with Gasteiger partial charge < -0.3 is 10.2 Å². The maximum Gasteiger partial charge on any atom is 0.239 e. The fraction of sp³-hybridized carbons (Fsp3) is 0.636. The molecule has 16 heavy (non-hydrogen) atoms. The average molecular weight is 239 g/mol. The number of hydrogen-bond acceptors (Lipinski definition) is 4. The summed E-state index contributed by atoms with van der Waals surface area (Å²) in [7, 11) is 1.84. The van der Waals surface area contributed by atoms with E-state index in [9.17, 15) is 4.79 Å². The lowest BCUT2D eigenvalue weighted by molar-refractivity contribution is -0.132. The van der Waals surface area contributed by atoms with Gasteiger partial charge in [0.1, 0.15) is 0 Å². The van der Waals surface area contributed by atoms with Crippen LogP contribution in [0.5, 0.6) is 0 Å². The van der Waals surface area contributed by atoms with Crippen molar-refractivity contribution in [1.82, 2.24) is 15.2 Å². The third-order valence-electron chi connectivity index (χ3n) is 2.80. The van der Waals surface area contributed by atoms with E-state index < -0.39 is 0 Å². The van der Waals surface area contributed by atoms with Crippen molar-refractivity contribution in [3.63, 3.8) is 0 Å². The normalized spacial score (nSPS) is 20.0. The van der Waals surface area contributed by atoms with E-state index in [4.69, 9.17) is 0 Å². The summed E-state index contributed by atoms with van der Waals surface area (Å²) in [6.45, 7) is 3.55. The van der Waals surface area contributed by atoms with Crippen molar-refractivity contribution in [2.45, 2.75) is 32.4 Å². The fourth-order valence-electron chi connectivity index (χ4n) is 1.96. The van der Waals surface area contributed by atoms with Crippen LogP contribution in [0.25, 0.3) is 0 Å². The standard InChI is InChI=1S/C11H17N3OS/c1-8-13-9(7-16-8)6-14(2)11(15)10-4-3-5-12-10/h7,10,12H,3-6H2,1-2H3/t10-/m0/s1. The van der Waals surface area contributed by atoms with Crippen molar-refractivity contribution in [3.05, 3.63) is 16.1 Å². The van der Waals surface area contributed by atoms with Gasteiger partial charge in [-0.05, 0) is 26.3 Å². The first-order valence-corrected chi connectivity index (χ1v) is 6.44. The van der Waals surface area contributed by atoms with Crippen LogP contribution in [-0.4, -0.2) is 35.4 Å². The molecular weight excluding hydrogens is 222 g/mol. The molecule has 1 aromatic rings. The van der Waals surface area contributed by atoms with Crippen LogP contribution in [0.1, 0.15) is 23.5 Å². The SMILES string of the molecule is Cc1nc(CN(C)C(=O)[C@@H]2CCCN2)cs1. The summed E-state index contributed by atoms with van der Waals surface area (Å²) < 4.78 is 0. The van der Waals surface area contributed by atoms with E-state index in [1.165, 1.54) is 0 Å². The first-order chi connectivity index (χ1) is 7.66. The lowest BCUT2D eigenvalue weighted by atomic mass is 10.2. The zero-order chi connectivity index (χ0) is 11.5. The summed E-state index contributed by atoms with van der Waals surface area (Å²) in [6, 6.07) is 0.0183. The molecule has 5 heteroatoms. The number of nitrogens with zero attached hydrogens (tertiary/aromatic N) is 2. The third kappa shape index (κ3) is 2.59. The first kappa shape index (κ1) is 11.5. The summed E-state index contributed by atoms with van der Waals surface area (Å²) in [5.74, 6) is 0.183. The highest BCUT2D eigenvalue weighted by Crippen LogP contribution is 2.12. The van der Waals surface area contributed by atoms with E-state index in [1.807, 2.05) is 19.4 Å². The highest BCUT2D eigenvalue weighted by molar-refractivity contribution is 7.09. The van der Waals surface area contributed by atoms with Gasteiger partial charge in [0.15, 0.2) is 0 Å². The minimum atomic E-state index is 0.0183. The van der Waals surface area contributed by atoms with Crippen LogP contribution < -0.4 is 5.32 Å². The molecule has 1 fully saturated rings. The molecule has 0 aromatic carbocycles. The number of rotatable bonds is 3. The topological polar surface area (TPSA) is 45.2 Å². The van der Waals surface area contributed by atoms with Crippen molar-refractivity contribution in [2.75, 3.05) is 13.6 Å². The Balaban J connectivity index is 1.91. The Kier molecular flexibility index (Phi) is 3.56. The average Bonchev–Trinajstić information content (AvgIpc) is 2.88. The van der Waals surface area contributed by atoms with Crippen LogP contribution in [-0.2, 0) is 11.3 Å². The second kappa shape index (κ2) is 4.93. The number of likely N-dealkylation sites (N-methyl/N-ethyl adjacent to an activating group) is 1. The van der Waals surface area contributed by atoms with Crippen molar-refractivity contribution in [2.24, 2.45) is 0 Å². The highest BCUT2D eigenvalue weighted by atomic mass is 32.1. The van der Waals surface area contributed by atoms with E-state index >= 15 is 0 Å². The van der Waals surface area contributed by atoms with Gasteiger partial charge in [0.05, 0.1) is 23.3 Å². The summed E-state index contributed by atoms with van der Waals surface area (Å²) in [4.78, 5) is 18.1. The Morgan fingerprint density at radius 2 is 2.56 bits per heavy atom. The molecule has 1 aliphatic rings. The molecule has 1 aliphatic heterocycles. The number of carbonyl (C=O) groups excluding carboxylic acids is 1. The van der Waals surface area contributed by atoms with Crippen molar-refractivity contribution in [1.29, 1.82) is 0 Å². The van der Waals surface area contributed by atoms with Crippen molar-refractivity contribution >= 4 is 17.2 Å². The summed E-state index contributed by atoms with van der Waals surface area (Å²) in [5, 5.41) is 6.29. The number of hydrogen-bond donors (Lipinski definition) is 1. The second-order valence-corrected chi connectivity index (χ2v) is 5.26. The fourth-order valence-corrected chi connectivity index (χ4v) is 2.57.